The second-order valence-corrected chi connectivity index (χ2v) is 6.13. The number of carbonyl (C=O) groups is 1. The highest BCUT2D eigenvalue weighted by Crippen LogP contribution is 2.14. The molecule has 0 aromatic heterocycles. The number of nitro groups is 1. The van der Waals surface area contributed by atoms with E-state index < -0.39 is 0 Å². The molecule has 2 N–H and O–H groups in total. The average Bonchev–Trinajstić information content (AvgIpc) is 3.06. The third-order valence-corrected chi connectivity index (χ3v) is 4.30. The minimum Gasteiger partial charge on any atom is -0.356 e. The number of nitrogens with one attached hydrogen (secondary N) is 2. The van der Waals surface area contributed by atoms with Crippen molar-refractivity contribution in [3.8, 4) is 0 Å². The van der Waals surface area contributed by atoms with Crippen LogP contribution in [0.25, 0.3) is 0 Å². The summed E-state index contributed by atoms with van der Waals surface area (Å²) in [6.07, 6.45) is 5.54. The number of rotatable bonds is 9. The van der Waals surface area contributed by atoms with Gasteiger partial charge < -0.3 is 10.6 Å². The molecule has 6 heteroatoms. The van der Waals surface area contributed by atoms with Crippen LogP contribution in [0, 0.1) is 16.0 Å². The summed E-state index contributed by atoms with van der Waals surface area (Å²) >= 11 is 0. The number of nitrogens with zero attached hydrogens (tertiary/aromatic N) is 1. The normalized spacial score (nSPS) is 17.1. The Hall–Kier alpha value is -1.95. The maximum Gasteiger partial charge on any atom is 0.269 e. The van der Waals surface area contributed by atoms with Crippen molar-refractivity contribution in [2.75, 3.05) is 19.6 Å². The Bertz CT molecular complexity index is 510. The van der Waals surface area contributed by atoms with Gasteiger partial charge in [0, 0.05) is 25.1 Å². The zero-order chi connectivity index (χ0) is 16.5. The van der Waals surface area contributed by atoms with Gasteiger partial charge in [-0.3, -0.25) is 14.9 Å². The summed E-state index contributed by atoms with van der Waals surface area (Å²) in [5, 5.41) is 16.9. The highest BCUT2D eigenvalue weighted by molar-refractivity contribution is 5.75. The molecular weight excluding hydrogens is 294 g/mol. The lowest BCUT2D eigenvalue weighted by atomic mass is 10.0. The molecule has 0 bridgehead atoms. The van der Waals surface area contributed by atoms with E-state index in [1.165, 1.54) is 18.6 Å². The fourth-order valence-electron chi connectivity index (χ4n) is 2.85. The lowest BCUT2D eigenvalue weighted by Crippen LogP contribution is -2.25. The summed E-state index contributed by atoms with van der Waals surface area (Å²) in [5.41, 5.74) is 1.22. The van der Waals surface area contributed by atoms with Crippen LogP contribution in [-0.4, -0.2) is 30.5 Å². The lowest BCUT2D eigenvalue weighted by molar-refractivity contribution is -0.384. The van der Waals surface area contributed by atoms with Crippen molar-refractivity contribution >= 4 is 11.6 Å². The lowest BCUT2D eigenvalue weighted by Gasteiger charge is -2.08. The standard InChI is InChI=1S/C17H25N3O3/c21-17(9-6-15-10-12-18-13-15)19-11-2-1-3-14-4-7-16(8-5-14)20(22)23/h4-5,7-8,15,18H,1-3,6,9-13H2,(H,19,21). The molecule has 1 unspecified atom stereocenters. The summed E-state index contributed by atoms with van der Waals surface area (Å²) in [6, 6.07) is 6.67. The molecule has 1 aliphatic rings. The average molecular weight is 319 g/mol. The van der Waals surface area contributed by atoms with Gasteiger partial charge in [0.25, 0.3) is 5.69 Å². The summed E-state index contributed by atoms with van der Waals surface area (Å²) in [5.74, 6) is 0.801. The Morgan fingerprint density at radius 2 is 2.09 bits per heavy atom. The Balaban J connectivity index is 1.52. The summed E-state index contributed by atoms with van der Waals surface area (Å²) in [7, 11) is 0. The molecule has 1 aromatic carbocycles. The molecule has 1 heterocycles. The molecule has 0 spiro atoms. The van der Waals surface area contributed by atoms with Gasteiger partial charge in [-0.15, -0.1) is 0 Å². The molecule has 1 atom stereocenters. The molecule has 23 heavy (non-hydrogen) atoms. The first kappa shape index (κ1) is 17.4. The van der Waals surface area contributed by atoms with E-state index in [0.29, 0.717) is 18.9 Å². The van der Waals surface area contributed by atoms with E-state index in [9.17, 15) is 14.9 Å². The van der Waals surface area contributed by atoms with Gasteiger partial charge in [0.15, 0.2) is 0 Å². The summed E-state index contributed by atoms with van der Waals surface area (Å²) in [6.45, 7) is 2.83. The fraction of sp³-hybridized carbons (Fsp3) is 0.588. The first-order chi connectivity index (χ1) is 11.1. The van der Waals surface area contributed by atoms with Crippen molar-refractivity contribution in [1.82, 2.24) is 10.6 Å². The first-order valence-electron chi connectivity index (χ1n) is 8.36. The number of hydrogen-bond acceptors (Lipinski definition) is 4. The molecular formula is C17H25N3O3. The molecule has 126 valence electrons. The van der Waals surface area contributed by atoms with Gasteiger partial charge >= 0.3 is 0 Å². The van der Waals surface area contributed by atoms with Crippen LogP contribution in [0.2, 0.25) is 0 Å². The molecule has 0 radical (unpaired) electrons. The van der Waals surface area contributed by atoms with Crippen LogP contribution in [0.5, 0.6) is 0 Å². The van der Waals surface area contributed by atoms with Crippen molar-refractivity contribution in [3.63, 3.8) is 0 Å². The van der Waals surface area contributed by atoms with E-state index in [1.807, 2.05) is 0 Å². The molecule has 0 aliphatic carbocycles. The van der Waals surface area contributed by atoms with Crippen molar-refractivity contribution in [2.24, 2.45) is 5.92 Å². The maximum absolute atomic E-state index is 11.7. The van der Waals surface area contributed by atoms with Crippen LogP contribution in [-0.2, 0) is 11.2 Å². The van der Waals surface area contributed by atoms with E-state index in [-0.39, 0.29) is 16.5 Å². The molecule has 1 amide bonds. The van der Waals surface area contributed by atoms with Crippen LogP contribution < -0.4 is 10.6 Å². The number of aryl methyl sites for hydroxylation is 1. The van der Waals surface area contributed by atoms with Gasteiger partial charge in [0.2, 0.25) is 5.91 Å². The SMILES string of the molecule is O=C(CCC1CCNC1)NCCCCc1ccc([N+](=O)[O-])cc1. The Labute approximate surface area is 136 Å². The molecule has 6 nitrogen and oxygen atoms in total. The predicted octanol–water partition coefficient (Wildman–Crippen LogP) is 2.42. The number of carbonyl (C=O) groups excluding carboxylic acids is 1. The smallest absolute Gasteiger partial charge is 0.269 e. The van der Waals surface area contributed by atoms with Crippen LogP contribution in [0.4, 0.5) is 5.69 Å². The van der Waals surface area contributed by atoms with Gasteiger partial charge in [0.05, 0.1) is 4.92 Å². The highest BCUT2D eigenvalue weighted by Gasteiger charge is 2.15. The van der Waals surface area contributed by atoms with Crippen LogP contribution in [0.1, 0.15) is 37.7 Å². The summed E-state index contributed by atoms with van der Waals surface area (Å²) < 4.78 is 0. The quantitative estimate of drug-likeness (QED) is 0.416. The van der Waals surface area contributed by atoms with Gasteiger partial charge in [0.1, 0.15) is 0 Å². The minimum atomic E-state index is -0.388. The van der Waals surface area contributed by atoms with E-state index in [0.717, 1.165) is 44.3 Å². The van der Waals surface area contributed by atoms with E-state index in [1.54, 1.807) is 12.1 Å². The Morgan fingerprint density at radius 3 is 2.74 bits per heavy atom. The number of unbranched alkanes of at least 4 members (excludes halogenated alkanes) is 1. The zero-order valence-electron chi connectivity index (χ0n) is 13.4. The zero-order valence-corrected chi connectivity index (χ0v) is 13.4. The largest absolute Gasteiger partial charge is 0.356 e. The van der Waals surface area contributed by atoms with Crippen molar-refractivity contribution < 1.29 is 9.72 Å². The number of amides is 1. The molecule has 2 rings (SSSR count). The molecule has 1 saturated heterocycles. The van der Waals surface area contributed by atoms with Crippen molar-refractivity contribution in [3.05, 3.63) is 39.9 Å². The fourth-order valence-corrected chi connectivity index (χ4v) is 2.85. The highest BCUT2D eigenvalue weighted by atomic mass is 16.6. The molecule has 1 fully saturated rings. The summed E-state index contributed by atoms with van der Waals surface area (Å²) in [4.78, 5) is 21.9. The van der Waals surface area contributed by atoms with E-state index in [4.69, 9.17) is 0 Å². The Kier molecular flexibility index (Phi) is 7.00. The first-order valence-corrected chi connectivity index (χ1v) is 8.36. The van der Waals surface area contributed by atoms with Crippen LogP contribution in [0.3, 0.4) is 0 Å². The van der Waals surface area contributed by atoms with Gasteiger partial charge in [-0.05, 0) is 56.7 Å². The minimum absolute atomic E-state index is 0.124. The van der Waals surface area contributed by atoms with Crippen molar-refractivity contribution in [2.45, 2.75) is 38.5 Å². The number of non-ortho nitro benzene ring substituents is 1. The number of benzene rings is 1. The molecule has 1 aromatic rings. The predicted molar refractivity (Wildman–Crippen MR) is 89.3 cm³/mol. The number of nitro benzene ring substituents is 1. The van der Waals surface area contributed by atoms with Gasteiger partial charge in [-0.25, -0.2) is 0 Å². The third-order valence-electron chi connectivity index (χ3n) is 4.30. The second-order valence-electron chi connectivity index (χ2n) is 6.13. The monoisotopic (exact) mass is 319 g/mol. The van der Waals surface area contributed by atoms with Gasteiger partial charge in [-0.2, -0.15) is 0 Å². The Morgan fingerprint density at radius 1 is 1.30 bits per heavy atom. The van der Waals surface area contributed by atoms with Crippen LogP contribution >= 0.6 is 0 Å². The maximum atomic E-state index is 11.7. The van der Waals surface area contributed by atoms with E-state index >= 15 is 0 Å². The number of hydrogen-bond donors (Lipinski definition) is 2. The van der Waals surface area contributed by atoms with Crippen molar-refractivity contribution in [1.29, 1.82) is 0 Å². The van der Waals surface area contributed by atoms with E-state index in [2.05, 4.69) is 10.6 Å². The molecule has 1 aliphatic heterocycles. The third kappa shape index (κ3) is 6.36. The van der Waals surface area contributed by atoms with Gasteiger partial charge in [-0.1, -0.05) is 12.1 Å². The molecule has 0 saturated carbocycles. The second kappa shape index (κ2) is 9.25. The van der Waals surface area contributed by atoms with Crippen LogP contribution in [0.15, 0.2) is 24.3 Å². The topological polar surface area (TPSA) is 84.3 Å².